The van der Waals surface area contributed by atoms with E-state index in [2.05, 4.69) is 103 Å². The quantitative estimate of drug-likeness (QED) is 0.183. The van der Waals surface area contributed by atoms with Gasteiger partial charge in [-0.15, -0.1) is 0 Å². The van der Waals surface area contributed by atoms with Crippen LogP contribution in [0.15, 0.2) is 168 Å². The zero-order chi connectivity index (χ0) is 32.3. The third-order valence-electron chi connectivity index (χ3n) is 9.50. The van der Waals surface area contributed by atoms with Gasteiger partial charge in [-0.1, -0.05) is 127 Å². The number of hydrogen-bond donors (Lipinski definition) is 0. The molecule has 10 rings (SSSR count). The van der Waals surface area contributed by atoms with E-state index in [1.54, 1.807) is 0 Å². The average Bonchev–Trinajstić information content (AvgIpc) is 3.55. The second kappa shape index (κ2) is 11.0. The maximum atomic E-state index is 6.12. The standard InChI is InChI=1S/C45H27N3O/c1-2-12-29(13-3-1)43-46-44(48-45(47-43)32-22-24-42-40(27-32)37-18-8-9-20-41(37)49-42)31-21-23-36-38(26-31)34-17-7-5-14-30(34)25-39(36)35-19-10-15-28-11-4-6-16-33(28)35/h1-27H. The zero-order valence-electron chi connectivity index (χ0n) is 26.3. The summed E-state index contributed by atoms with van der Waals surface area (Å²) in [4.78, 5) is 15.2. The maximum absolute atomic E-state index is 6.12. The molecule has 0 spiro atoms. The molecular formula is C45H27N3O. The summed E-state index contributed by atoms with van der Waals surface area (Å²) in [5.74, 6) is 1.88. The van der Waals surface area contributed by atoms with E-state index in [1.807, 2.05) is 60.7 Å². The molecule has 0 amide bonds. The number of furan rings is 1. The van der Waals surface area contributed by atoms with Crippen molar-refractivity contribution in [3.63, 3.8) is 0 Å². The van der Waals surface area contributed by atoms with E-state index in [1.165, 1.54) is 38.1 Å². The first-order valence-electron chi connectivity index (χ1n) is 16.4. The maximum Gasteiger partial charge on any atom is 0.164 e. The summed E-state index contributed by atoms with van der Waals surface area (Å²) in [6, 6.07) is 57.1. The monoisotopic (exact) mass is 625 g/mol. The summed E-state index contributed by atoms with van der Waals surface area (Å²) < 4.78 is 6.12. The highest BCUT2D eigenvalue weighted by Crippen LogP contribution is 2.40. The molecule has 0 fully saturated rings. The smallest absolute Gasteiger partial charge is 0.164 e. The SMILES string of the molecule is c1ccc(-c2nc(-c3ccc4oc5ccccc5c4c3)nc(-c3ccc4c(-c5cccc6ccccc56)cc5ccccc5c4c3)n2)cc1. The van der Waals surface area contributed by atoms with Crippen LogP contribution >= 0.6 is 0 Å². The minimum absolute atomic E-state index is 0.616. The van der Waals surface area contributed by atoms with Crippen molar-refractivity contribution in [2.24, 2.45) is 0 Å². The van der Waals surface area contributed by atoms with Gasteiger partial charge in [-0.3, -0.25) is 0 Å². The average molecular weight is 626 g/mol. The molecule has 4 heteroatoms. The molecule has 0 radical (unpaired) electrons. The van der Waals surface area contributed by atoms with E-state index in [0.717, 1.165) is 44.0 Å². The Balaban J connectivity index is 1.20. The molecule has 49 heavy (non-hydrogen) atoms. The summed E-state index contributed by atoms with van der Waals surface area (Å²) >= 11 is 0. The van der Waals surface area contributed by atoms with Crippen LogP contribution in [0.2, 0.25) is 0 Å². The largest absolute Gasteiger partial charge is 0.456 e. The van der Waals surface area contributed by atoms with E-state index in [-0.39, 0.29) is 0 Å². The van der Waals surface area contributed by atoms with Gasteiger partial charge < -0.3 is 4.42 Å². The van der Waals surface area contributed by atoms with Crippen LogP contribution in [0.3, 0.4) is 0 Å². The number of benzene rings is 8. The van der Waals surface area contributed by atoms with Crippen LogP contribution in [0.1, 0.15) is 0 Å². The Hall–Kier alpha value is -6.65. The van der Waals surface area contributed by atoms with Crippen molar-refractivity contribution in [3.8, 4) is 45.3 Å². The number of aromatic nitrogens is 3. The molecule has 10 aromatic rings. The molecule has 0 saturated heterocycles. The Morgan fingerprint density at radius 2 is 0.898 bits per heavy atom. The topological polar surface area (TPSA) is 51.8 Å². The lowest BCUT2D eigenvalue weighted by atomic mass is 9.90. The van der Waals surface area contributed by atoms with E-state index in [0.29, 0.717) is 17.5 Å². The number of hydrogen-bond acceptors (Lipinski definition) is 4. The van der Waals surface area contributed by atoms with Gasteiger partial charge >= 0.3 is 0 Å². The van der Waals surface area contributed by atoms with E-state index in [9.17, 15) is 0 Å². The van der Waals surface area contributed by atoms with Crippen molar-refractivity contribution in [2.75, 3.05) is 0 Å². The van der Waals surface area contributed by atoms with Gasteiger partial charge in [0.25, 0.3) is 0 Å². The molecule has 0 saturated carbocycles. The van der Waals surface area contributed by atoms with E-state index < -0.39 is 0 Å². The van der Waals surface area contributed by atoms with Gasteiger partial charge in [0.2, 0.25) is 0 Å². The molecule has 0 bridgehead atoms. The zero-order valence-corrected chi connectivity index (χ0v) is 26.3. The van der Waals surface area contributed by atoms with Crippen LogP contribution in [0.25, 0.3) is 99.5 Å². The number of nitrogens with zero attached hydrogens (tertiary/aromatic N) is 3. The molecule has 0 aliphatic carbocycles. The van der Waals surface area contributed by atoms with Gasteiger partial charge in [0, 0.05) is 27.5 Å². The van der Waals surface area contributed by atoms with Crippen molar-refractivity contribution in [3.05, 3.63) is 164 Å². The van der Waals surface area contributed by atoms with Crippen molar-refractivity contribution in [1.82, 2.24) is 15.0 Å². The Morgan fingerprint density at radius 3 is 1.71 bits per heavy atom. The summed E-state index contributed by atoms with van der Waals surface area (Å²) in [5, 5.41) is 9.31. The number of rotatable bonds is 4. The molecule has 0 atom stereocenters. The van der Waals surface area contributed by atoms with Gasteiger partial charge in [0.05, 0.1) is 0 Å². The van der Waals surface area contributed by atoms with Crippen molar-refractivity contribution >= 4 is 54.3 Å². The predicted octanol–water partition coefficient (Wildman–Crippen LogP) is 11.9. The lowest BCUT2D eigenvalue weighted by Crippen LogP contribution is -2.00. The summed E-state index contributed by atoms with van der Waals surface area (Å²) in [7, 11) is 0. The molecular weight excluding hydrogens is 599 g/mol. The van der Waals surface area contributed by atoms with Crippen molar-refractivity contribution < 1.29 is 4.42 Å². The van der Waals surface area contributed by atoms with Crippen LogP contribution in [0.5, 0.6) is 0 Å². The second-order valence-electron chi connectivity index (χ2n) is 12.4. The lowest BCUT2D eigenvalue weighted by Gasteiger charge is -2.15. The summed E-state index contributed by atoms with van der Waals surface area (Å²) in [6.45, 7) is 0. The molecule has 0 aliphatic rings. The van der Waals surface area contributed by atoms with Gasteiger partial charge in [-0.2, -0.15) is 0 Å². The van der Waals surface area contributed by atoms with Crippen molar-refractivity contribution in [2.45, 2.75) is 0 Å². The van der Waals surface area contributed by atoms with E-state index in [4.69, 9.17) is 19.4 Å². The molecule has 0 N–H and O–H groups in total. The lowest BCUT2D eigenvalue weighted by molar-refractivity contribution is 0.669. The first kappa shape index (κ1) is 27.5. The second-order valence-corrected chi connectivity index (χ2v) is 12.4. The molecule has 228 valence electrons. The number of fused-ring (bicyclic) bond motifs is 7. The van der Waals surface area contributed by atoms with Crippen LogP contribution in [-0.4, -0.2) is 15.0 Å². The fourth-order valence-corrected chi connectivity index (χ4v) is 7.14. The normalized spacial score (nSPS) is 11.7. The molecule has 0 unspecified atom stereocenters. The van der Waals surface area contributed by atoms with Gasteiger partial charge in [0.1, 0.15) is 11.2 Å². The minimum atomic E-state index is 0.616. The molecule has 2 heterocycles. The summed E-state index contributed by atoms with van der Waals surface area (Å²) in [6.07, 6.45) is 0. The molecule has 4 nitrogen and oxygen atoms in total. The van der Waals surface area contributed by atoms with Crippen LogP contribution in [0, 0.1) is 0 Å². The fourth-order valence-electron chi connectivity index (χ4n) is 7.14. The Labute approximate surface area is 282 Å². The Kier molecular flexibility index (Phi) is 6.15. The van der Waals surface area contributed by atoms with Crippen LogP contribution in [-0.2, 0) is 0 Å². The first-order valence-corrected chi connectivity index (χ1v) is 16.4. The van der Waals surface area contributed by atoms with Gasteiger partial charge in [0.15, 0.2) is 17.5 Å². The Morgan fingerprint density at radius 1 is 0.306 bits per heavy atom. The van der Waals surface area contributed by atoms with Gasteiger partial charge in [-0.25, -0.2) is 15.0 Å². The van der Waals surface area contributed by atoms with Crippen LogP contribution < -0.4 is 0 Å². The van der Waals surface area contributed by atoms with E-state index >= 15 is 0 Å². The molecule has 0 aliphatic heterocycles. The fraction of sp³-hybridized carbons (Fsp3) is 0. The highest BCUT2D eigenvalue weighted by molar-refractivity contribution is 6.17. The molecule has 8 aromatic carbocycles. The first-order chi connectivity index (χ1) is 24.3. The highest BCUT2D eigenvalue weighted by Gasteiger charge is 2.17. The minimum Gasteiger partial charge on any atom is -0.456 e. The molecule has 2 aromatic heterocycles. The van der Waals surface area contributed by atoms with Crippen molar-refractivity contribution in [1.29, 1.82) is 0 Å². The van der Waals surface area contributed by atoms with Gasteiger partial charge in [-0.05, 0) is 79.8 Å². The third kappa shape index (κ3) is 4.57. The van der Waals surface area contributed by atoms with Crippen LogP contribution in [0.4, 0.5) is 0 Å². The number of para-hydroxylation sites is 1. The third-order valence-corrected chi connectivity index (χ3v) is 9.50. The summed E-state index contributed by atoms with van der Waals surface area (Å²) in [5.41, 5.74) is 6.91. The Bertz CT molecular complexity index is 2890. The highest BCUT2D eigenvalue weighted by atomic mass is 16.3. The predicted molar refractivity (Wildman–Crippen MR) is 201 cm³/mol.